The Hall–Kier alpha value is -2.66. The van der Waals surface area contributed by atoms with Crippen LogP contribution >= 0.6 is 0 Å². The molecule has 0 saturated carbocycles. The third-order valence-corrected chi connectivity index (χ3v) is 5.25. The molecule has 0 aliphatic carbocycles. The van der Waals surface area contributed by atoms with Gasteiger partial charge in [0.05, 0.1) is 12.6 Å². The van der Waals surface area contributed by atoms with E-state index in [2.05, 4.69) is 0 Å². The number of likely N-dealkylation sites (tertiary alicyclic amines) is 1. The number of rotatable bonds is 6. The molecule has 142 valence electrons. The molecule has 1 atom stereocenters. The molecule has 0 spiro atoms. The molecule has 1 amide bonds. The molecule has 0 aromatic heterocycles. The van der Waals surface area contributed by atoms with Crippen LogP contribution in [0.4, 0.5) is 0 Å². The molecule has 5 heteroatoms. The lowest BCUT2D eigenvalue weighted by Gasteiger charge is -2.35. The Bertz CT molecular complexity index is 724. The fraction of sp³-hybridized carbons (Fsp3) is 0.364. The largest absolute Gasteiger partial charge is 0.480 e. The van der Waals surface area contributed by atoms with Crippen LogP contribution in [0.5, 0.6) is 0 Å². The third kappa shape index (κ3) is 4.55. The predicted molar refractivity (Wildman–Crippen MR) is 104 cm³/mol. The topological polar surface area (TPSA) is 60.9 Å². The fourth-order valence-corrected chi connectivity index (χ4v) is 3.80. The lowest BCUT2D eigenvalue weighted by Crippen LogP contribution is -2.49. The van der Waals surface area contributed by atoms with Gasteiger partial charge in [-0.1, -0.05) is 67.1 Å². The zero-order valence-corrected chi connectivity index (χ0v) is 15.6. The fourth-order valence-electron chi connectivity index (χ4n) is 3.80. The van der Waals surface area contributed by atoms with Crippen molar-refractivity contribution in [1.82, 2.24) is 9.80 Å². The van der Waals surface area contributed by atoms with Gasteiger partial charge in [0.25, 0.3) is 0 Å². The van der Waals surface area contributed by atoms with E-state index in [4.69, 9.17) is 0 Å². The molecule has 2 aromatic carbocycles. The van der Waals surface area contributed by atoms with Crippen LogP contribution in [-0.4, -0.2) is 53.0 Å². The number of likely N-dealkylation sites (N-methyl/N-ethyl adjacent to an activating group) is 1. The normalized spacial score (nSPS) is 17.6. The lowest BCUT2D eigenvalue weighted by atomic mass is 9.97. The van der Waals surface area contributed by atoms with Crippen molar-refractivity contribution in [3.63, 3.8) is 0 Å². The average Bonchev–Trinajstić information content (AvgIpc) is 2.70. The first kappa shape index (κ1) is 19.1. The highest BCUT2D eigenvalue weighted by atomic mass is 16.4. The molecule has 2 aromatic rings. The quantitative estimate of drug-likeness (QED) is 0.853. The van der Waals surface area contributed by atoms with Gasteiger partial charge in [-0.2, -0.15) is 0 Å². The van der Waals surface area contributed by atoms with E-state index in [-0.39, 0.29) is 18.5 Å². The van der Waals surface area contributed by atoms with Crippen molar-refractivity contribution in [3.8, 4) is 0 Å². The zero-order valence-electron chi connectivity index (χ0n) is 15.6. The van der Waals surface area contributed by atoms with Crippen LogP contribution in [0.25, 0.3) is 0 Å². The van der Waals surface area contributed by atoms with E-state index in [1.165, 1.54) is 0 Å². The minimum absolute atomic E-state index is 0.0687. The number of carboxylic acid groups (broad SMARTS) is 1. The van der Waals surface area contributed by atoms with Crippen LogP contribution in [0.3, 0.4) is 0 Å². The SMILES string of the molecule is CN(C(=O)CN1CCCCC1C(=O)O)C(c1ccccc1)c1ccccc1. The molecular formula is C22H26N2O3. The maximum Gasteiger partial charge on any atom is 0.320 e. The standard InChI is InChI=1S/C22H26N2O3/c1-23(20(25)16-24-15-9-8-14-19(24)22(26)27)21(17-10-4-2-5-11-17)18-12-6-3-7-13-18/h2-7,10-13,19,21H,8-9,14-16H2,1H3,(H,26,27). The van der Waals surface area contributed by atoms with Crippen molar-refractivity contribution < 1.29 is 14.7 Å². The van der Waals surface area contributed by atoms with Crippen molar-refractivity contribution in [2.24, 2.45) is 0 Å². The number of hydrogen-bond acceptors (Lipinski definition) is 3. The highest BCUT2D eigenvalue weighted by Gasteiger charge is 2.32. The maximum absolute atomic E-state index is 13.1. The van der Waals surface area contributed by atoms with Gasteiger partial charge in [-0.05, 0) is 30.5 Å². The Morgan fingerprint density at radius 3 is 2.11 bits per heavy atom. The molecular weight excluding hydrogens is 340 g/mol. The molecule has 1 aliphatic heterocycles. The van der Waals surface area contributed by atoms with Gasteiger partial charge in [0.1, 0.15) is 6.04 Å². The van der Waals surface area contributed by atoms with Crippen LogP contribution < -0.4 is 0 Å². The number of nitrogens with zero attached hydrogens (tertiary/aromatic N) is 2. The zero-order chi connectivity index (χ0) is 19.2. The van der Waals surface area contributed by atoms with Gasteiger partial charge in [0, 0.05) is 7.05 Å². The highest BCUT2D eigenvalue weighted by molar-refractivity contribution is 5.80. The van der Waals surface area contributed by atoms with Crippen LogP contribution in [0.1, 0.15) is 36.4 Å². The van der Waals surface area contributed by atoms with Crippen molar-refractivity contribution >= 4 is 11.9 Å². The van der Waals surface area contributed by atoms with Crippen LogP contribution in [0.2, 0.25) is 0 Å². The first-order chi connectivity index (χ1) is 13.1. The Balaban J connectivity index is 1.82. The monoisotopic (exact) mass is 366 g/mol. The third-order valence-electron chi connectivity index (χ3n) is 5.25. The number of amides is 1. The van der Waals surface area contributed by atoms with Gasteiger partial charge < -0.3 is 10.0 Å². The highest BCUT2D eigenvalue weighted by Crippen LogP contribution is 2.28. The minimum Gasteiger partial charge on any atom is -0.480 e. The summed E-state index contributed by atoms with van der Waals surface area (Å²) in [6, 6.07) is 19.1. The molecule has 5 nitrogen and oxygen atoms in total. The number of carbonyl (C=O) groups excluding carboxylic acids is 1. The van der Waals surface area contributed by atoms with Crippen molar-refractivity contribution in [3.05, 3.63) is 71.8 Å². The number of piperidine rings is 1. The molecule has 1 N–H and O–H groups in total. The lowest BCUT2D eigenvalue weighted by molar-refractivity contribution is -0.146. The van der Waals surface area contributed by atoms with Crippen molar-refractivity contribution in [2.75, 3.05) is 20.1 Å². The number of carbonyl (C=O) groups is 2. The summed E-state index contributed by atoms with van der Waals surface area (Å²) < 4.78 is 0. The Morgan fingerprint density at radius 1 is 1.04 bits per heavy atom. The summed E-state index contributed by atoms with van der Waals surface area (Å²) in [6.07, 6.45) is 2.43. The molecule has 27 heavy (non-hydrogen) atoms. The number of carboxylic acids is 1. The second kappa shape index (κ2) is 8.82. The van der Waals surface area contributed by atoms with Gasteiger partial charge in [-0.15, -0.1) is 0 Å². The molecule has 1 aliphatic rings. The minimum atomic E-state index is -0.840. The molecule has 1 unspecified atom stereocenters. The summed E-state index contributed by atoms with van der Waals surface area (Å²) in [5.41, 5.74) is 2.07. The van der Waals surface area contributed by atoms with E-state index in [0.717, 1.165) is 24.0 Å². The molecule has 1 saturated heterocycles. The number of hydrogen-bond donors (Lipinski definition) is 1. The number of benzene rings is 2. The summed E-state index contributed by atoms with van der Waals surface area (Å²) in [4.78, 5) is 28.1. The molecule has 1 fully saturated rings. The van der Waals surface area contributed by atoms with Gasteiger partial charge in [0.15, 0.2) is 0 Å². The summed E-state index contributed by atoms with van der Waals surface area (Å²) >= 11 is 0. The Kier molecular flexibility index (Phi) is 6.24. The molecule has 0 radical (unpaired) electrons. The molecule has 3 rings (SSSR count). The summed E-state index contributed by atoms with van der Waals surface area (Å²) in [6.45, 7) is 0.779. The van der Waals surface area contributed by atoms with Crippen LogP contribution in [-0.2, 0) is 9.59 Å². The maximum atomic E-state index is 13.1. The first-order valence-corrected chi connectivity index (χ1v) is 9.40. The number of aliphatic carboxylic acids is 1. The van der Waals surface area contributed by atoms with E-state index in [1.54, 1.807) is 16.8 Å². The van der Waals surface area contributed by atoms with Crippen molar-refractivity contribution in [2.45, 2.75) is 31.3 Å². The van der Waals surface area contributed by atoms with Gasteiger partial charge in [0.2, 0.25) is 5.91 Å². The summed E-state index contributed by atoms with van der Waals surface area (Å²) in [5, 5.41) is 9.46. The second-order valence-electron chi connectivity index (χ2n) is 7.05. The summed E-state index contributed by atoms with van der Waals surface area (Å²) in [7, 11) is 1.80. The van der Waals surface area contributed by atoms with E-state index in [0.29, 0.717) is 13.0 Å². The van der Waals surface area contributed by atoms with E-state index < -0.39 is 12.0 Å². The smallest absolute Gasteiger partial charge is 0.320 e. The second-order valence-corrected chi connectivity index (χ2v) is 7.05. The van der Waals surface area contributed by atoms with Crippen LogP contribution in [0, 0.1) is 0 Å². The Morgan fingerprint density at radius 2 is 1.59 bits per heavy atom. The predicted octanol–water partition coefficient (Wildman–Crippen LogP) is 3.17. The Labute approximate surface area is 160 Å². The first-order valence-electron chi connectivity index (χ1n) is 9.40. The van der Waals surface area contributed by atoms with Gasteiger partial charge in [-0.3, -0.25) is 14.5 Å². The van der Waals surface area contributed by atoms with E-state index >= 15 is 0 Å². The summed E-state index contributed by atoms with van der Waals surface area (Å²) in [5.74, 6) is -0.909. The molecule has 1 heterocycles. The average molecular weight is 366 g/mol. The molecule has 0 bridgehead atoms. The van der Waals surface area contributed by atoms with Crippen molar-refractivity contribution in [1.29, 1.82) is 0 Å². The van der Waals surface area contributed by atoms with E-state index in [1.807, 2.05) is 60.7 Å². The van der Waals surface area contributed by atoms with Crippen LogP contribution in [0.15, 0.2) is 60.7 Å². The van der Waals surface area contributed by atoms with E-state index in [9.17, 15) is 14.7 Å². The van der Waals surface area contributed by atoms with Gasteiger partial charge in [-0.25, -0.2) is 0 Å². The van der Waals surface area contributed by atoms with Gasteiger partial charge >= 0.3 is 5.97 Å².